The molecule has 6 heteroatoms. The second kappa shape index (κ2) is 4.76. The molecule has 2 unspecified atom stereocenters. The lowest BCUT2D eigenvalue weighted by molar-refractivity contribution is -0.136. The molecule has 2 aliphatic rings. The standard InChI is InChI=1S/C17H17F3N2O/c1-2-22-14-5-3-4-9(14)10-6-13-11(7-15(10)22)12(17(18,19)20)8-16(23)21-13/h6-9,14H,2-5H2,1H3,(H,21,23). The minimum atomic E-state index is -4.54. The number of aromatic nitrogens is 1. The van der Waals surface area contributed by atoms with E-state index in [0.717, 1.165) is 37.1 Å². The monoisotopic (exact) mass is 322 g/mol. The Morgan fingerprint density at radius 1 is 1.26 bits per heavy atom. The SMILES string of the molecule is CCN1c2cc3c(C(F)(F)F)cc(=O)[nH]c3cc2C2CCCC21. The maximum absolute atomic E-state index is 13.3. The van der Waals surface area contributed by atoms with Crippen molar-refractivity contribution >= 4 is 16.6 Å². The Labute approximate surface area is 131 Å². The van der Waals surface area contributed by atoms with E-state index < -0.39 is 17.3 Å². The number of alkyl halides is 3. The van der Waals surface area contributed by atoms with Crippen LogP contribution in [0.2, 0.25) is 0 Å². The van der Waals surface area contributed by atoms with Crippen molar-refractivity contribution in [2.75, 3.05) is 11.4 Å². The van der Waals surface area contributed by atoms with Gasteiger partial charge >= 0.3 is 6.18 Å². The van der Waals surface area contributed by atoms with E-state index >= 15 is 0 Å². The van der Waals surface area contributed by atoms with Gasteiger partial charge in [0.15, 0.2) is 0 Å². The lowest BCUT2D eigenvalue weighted by Crippen LogP contribution is -2.30. The van der Waals surface area contributed by atoms with E-state index in [0.29, 0.717) is 18.0 Å². The zero-order valence-corrected chi connectivity index (χ0v) is 12.7. The van der Waals surface area contributed by atoms with Crippen LogP contribution in [0.1, 0.15) is 43.2 Å². The van der Waals surface area contributed by atoms with Gasteiger partial charge in [-0.25, -0.2) is 0 Å². The summed E-state index contributed by atoms with van der Waals surface area (Å²) in [6.07, 6.45) is -1.26. The zero-order valence-electron chi connectivity index (χ0n) is 12.7. The topological polar surface area (TPSA) is 36.1 Å². The van der Waals surface area contributed by atoms with Crippen molar-refractivity contribution in [3.63, 3.8) is 0 Å². The summed E-state index contributed by atoms with van der Waals surface area (Å²) in [6, 6.07) is 4.42. The third-order valence-electron chi connectivity index (χ3n) is 5.23. The second-order valence-electron chi connectivity index (χ2n) is 6.39. The maximum Gasteiger partial charge on any atom is 0.417 e. The Bertz CT molecular complexity index is 840. The zero-order chi connectivity index (χ0) is 16.4. The summed E-state index contributed by atoms with van der Waals surface area (Å²) in [5.74, 6) is 0.368. The fourth-order valence-corrected chi connectivity index (χ4v) is 4.35. The first-order chi connectivity index (χ1) is 10.9. The molecule has 0 spiro atoms. The highest BCUT2D eigenvalue weighted by Gasteiger charge is 2.42. The molecule has 1 aromatic heterocycles. The molecule has 0 radical (unpaired) electrons. The van der Waals surface area contributed by atoms with Gasteiger partial charge in [-0.05, 0) is 37.5 Å². The predicted molar refractivity (Wildman–Crippen MR) is 83.0 cm³/mol. The molecule has 0 amide bonds. The first-order valence-corrected chi connectivity index (χ1v) is 7.95. The normalized spacial score (nSPS) is 23.4. The number of nitrogens with zero attached hydrogens (tertiary/aromatic N) is 1. The summed E-state index contributed by atoms with van der Waals surface area (Å²) < 4.78 is 39.9. The molecule has 2 aromatic rings. The first-order valence-electron chi connectivity index (χ1n) is 7.95. The Morgan fingerprint density at radius 2 is 2.04 bits per heavy atom. The molecule has 0 saturated heterocycles. The molecule has 1 fully saturated rings. The second-order valence-corrected chi connectivity index (χ2v) is 6.39. The van der Waals surface area contributed by atoms with Crippen molar-refractivity contribution in [1.82, 2.24) is 4.98 Å². The molecule has 2 heterocycles. The lowest BCUT2D eigenvalue weighted by atomic mass is 9.95. The van der Waals surface area contributed by atoms with Crippen LogP contribution in [-0.4, -0.2) is 17.6 Å². The molecular formula is C17H17F3N2O. The number of anilines is 1. The predicted octanol–water partition coefficient (Wildman–Crippen LogP) is 4.02. The molecule has 23 heavy (non-hydrogen) atoms. The van der Waals surface area contributed by atoms with Crippen molar-refractivity contribution in [2.45, 2.75) is 44.3 Å². The van der Waals surface area contributed by atoms with E-state index in [9.17, 15) is 18.0 Å². The van der Waals surface area contributed by atoms with Gasteiger partial charge in [0.05, 0.1) is 5.56 Å². The quantitative estimate of drug-likeness (QED) is 0.861. The number of halogens is 3. The summed E-state index contributed by atoms with van der Waals surface area (Å²) >= 11 is 0. The highest BCUT2D eigenvalue weighted by atomic mass is 19.4. The fourth-order valence-electron chi connectivity index (χ4n) is 4.35. The Balaban J connectivity index is 2.01. The highest BCUT2D eigenvalue weighted by molar-refractivity contribution is 5.89. The van der Waals surface area contributed by atoms with Gasteiger partial charge in [-0.1, -0.05) is 6.42 Å². The van der Waals surface area contributed by atoms with Crippen molar-refractivity contribution in [3.05, 3.63) is 39.7 Å². The van der Waals surface area contributed by atoms with E-state index in [1.54, 1.807) is 12.1 Å². The molecular weight excluding hydrogens is 305 g/mol. The van der Waals surface area contributed by atoms with Crippen LogP contribution in [-0.2, 0) is 6.18 Å². The number of nitrogens with one attached hydrogen (secondary N) is 1. The largest absolute Gasteiger partial charge is 0.417 e. The van der Waals surface area contributed by atoms with Gasteiger partial charge < -0.3 is 9.88 Å². The minimum Gasteiger partial charge on any atom is -0.368 e. The molecule has 1 N–H and O–H groups in total. The first kappa shape index (κ1) is 14.6. The van der Waals surface area contributed by atoms with Crippen molar-refractivity contribution in [2.24, 2.45) is 0 Å². The highest BCUT2D eigenvalue weighted by Crippen LogP contribution is 2.50. The lowest BCUT2D eigenvalue weighted by Gasteiger charge is -2.25. The van der Waals surface area contributed by atoms with Gasteiger partial charge in [0.2, 0.25) is 5.56 Å². The average Bonchev–Trinajstić information content (AvgIpc) is 3.04. The number of H-pyrrole nitrogens is 1. The van der Waals surface area contributed by atoms with Crippen LogP contribution in [0.15, 0.2) is 23.0 Å². The van der Waals surface area contributed by atoms with Crippen LogP contribution in [0.4, 0.5) is 18.9 Å². The number of pyridine rings is 1. The minimum absolute atomic E-state index is 0.0780. The van der Waals surface area contributed by atoms with E-state index in [1.165, 1.54) is 0 Å². The summed E-state index contributed by atoms with van der Waals surface area (Å²) in [6.45, 7) is 2.82. The van der Waals surface area contributed by atoms with Gasteiger partial charge in [-0.2, -0.15) is 13.2 Å². The van der Waals surface area contributed by atoms with Crippen LogP contribution in [0, 0.1) is 0 Å². The van der Waals surface area contributed by atoms with Crippen LogP contribution in [0.5, 0.6) is 0 Å². The number of hydrogen-bond donors (Lipinski definition) is 1. The molecule has 1 aromatic carbocycles. The fraction of sp³-hybridized carbons (Fsp3) is 0.471. The smallest absolute Gasteiger partial charge is 0.368 e. The molecule has 1 saturated carbocycles. The van der Waals surface area contributed by atoms with Crippen LogP contribution < -0.4 is 10.5 Å². The summed E-state index contributed by atoms with van der Waals surface area (Å²) in [4.78, 5) is 16.4. The van der Waals surface area contributed by atoms with Gasteiger partial charge in [0, 0.05) is 41.2 Å². The number of aromatic amines is 1. The van der Waals surface area contributed by atoms with Crippen LogP contribution >= 0.6 is 0 Å². The number of fused-ring (bicyclic) bond motifs is 4. The molecule has 3 nitrogen and oxygen atoms in total. The number of likely N-dealkylation sites (N-methyl/N-ethyl adjacent to an activating group) is 1. The van der Waals surface area contributed by atoms with E-state index in [1.807, 2.05) is 6.92 Å². The van der Waals surface area contributed by atoms with E-state index in [2.05, 4.69) is 9.88 Å². The Morgan fingerprint density at radius 3 is 2.74 bits per heavy atom. The van der Waals surface area contributed by atoms with Crippen molar-refractivity contribution in [3.8, 4) is 0 Å². The van der Waals surface area contributed by atoms with Gasteiger partial charge in [-0.15, -0.1) is 0 Å². The van der Waals surface area contributed by atoms with Gasteiger partial charge in [0.25, 0.3) is 0 Å². The number of benzene rings is 1. The molecule has 122 valence electrons. The van der Waals surface area contributed by atoms with E-state index in [-0.39, 0.29) is 10.9 Å². The van der Waals surface area contributed by atoms with Crippen LogP contribution in [0.25, 0.3) is 10.9 Å². The average molecular weight is 322 g/mol. The van der Waals surface area contributed by atoms with E-state index in [4.69, 9.17) is 0 Å². The summed E-state index contributed by atoms with van der Waals surface area (Å²) in [5.41, 5.74) is 0.696. The Hall–Kier alpha value is -1.98. The maximum atomic E-state index is 13.3. The number of hydrogen-bond acceptors (Lipinski definition) is 2. The third-order valence-corrected chi connectivity index (χ3v) is 5.23. The van der Waals surface area contributed by atoms with Gasteiger partial charge in [-0.3, -0.25) is 4.79 Å². The molecule has 1 aliphatic carbocycles. The van der Waals surface area contributed by atoms with Crippen molar-refractivity contribution in [1.29, 1.82) is 0 Å². The van der Waals surface area contributed by atoms with Crippen molar-refractivity contribution < 1.29 is 13.2 Å². The number of rotatable bonds is 1. The molecule has 4 rings (SSSR count). The van der Waals surface area contributed by atoms with Crippen LogP contribution in [0.3, 0.4) is 0 Å². The third kappa shape index (κ3) is 2.07. The van der Waals surface area contributed by atoms with Gasteiger partial charge in [0.1, 0.15) is 0 Å². The Kier molecular flexibility index (Phi) is 3.02. The molecule has 1 aliphatic heterocycles. The molecule has 2 atom stereocenters. The summed E-state index contributed by atoms with van der Waals surface area (Å²) in [7, 11) is 0. The molecule has 0 bridgehead atoms. The summed E-state index contributed by atoms with van der Waals surface area (Å²) in [5, 5.41) is 0.0780.